The van der Waals surface area contributed by atoms with Gasteiger partial charge in [0.2, 0.25) is 5.82 Å². The third-order valence-corrected chi connectivity index (χ3v) is 3.68. The van der Waals surface area contributed by atoms with Gasteiger partial charge in [-0.15, -0.1) is 0 Å². The molecule has 0 aliphatic heterocycles. The number of hydrogen-bond acceptors (Lipinski definition) is 1. The summed E-state index contributed by atoms with van der Waals surface area (Å²) in [6.07, 6.45) is 0. The van der Waals surface area contributed by atoms with Gasteiger partial charge in [-0.1, -0.05) is 27.5 Å². The maximum Gasteiger partial charge on any atom is 0.200 e. The van der Waals surface area contributed by atoms with Crippen LogP contribution in [0, 0.1) is 29.1 Å². The quantitative estimate of drug-likeness (QED) is 0.422. The zero-order valence-corrected chi connectivity index (χ0v) is 12.4. The third kappa shape index (κ3) is 3.13. The molecule has 0 amide bonds. The van der Waals surface area contributed by atoms with Crippen molar-refractivity contribution in [2.75, 3.05) is 5.32 Å². The Morgan fingerprint density at radius 2 is 1.43 bits per heavy atom. The topological polar surface area (TPSA) is 12.0 Å². The van der Waals surface area contributed by atoms with E-state index in [0.29, 0.717) is 15.1 Å². The molecule has 1 N–H and O–H groups in total. The molecule has 0 saturated carbocycles. The van der Waals surface area contributed by atoms with Crippen LogP contribution in [0.25, 0.3) is 0 Å². The first-order chi connectivity index (χ1) is 9.82. The van der Waals surface area contributed by atoms with Crippen LogP contribution in [0.1, 0.15) is 5.56 Å². The second-order valence-electron chi connectivity index (χ2n) is 4.03. The van der Waals surface area contributed by atoms with Gasteiger partial charge in [0.1, 0.15) is 5.69 Å². The van der Waals surface area contributed by atoms with Crippen LogP contribution in [0.4, 0.5) is 27.6 Å². The Labute approximate surface area is 129 Å². The molecule has 1 nitrogen and oxygen atoms in total. The molecule has 0 aromatic heterocycles. The molecule has 8 heteroatoms. The molecule has 0 unspecified atom stereocenters. The molecular formula is C13H6BrClF5N. The van der Waals surface area contributed by atoms with Gasteiger partial charge in [0.05, 0.1) is 0 Å². The molecule has 2 aromatic carbocycles. The molecule has 0 heterocycles. The summed E-state index contributed by atoms with van der Waals surface area (Å²) >= 11 is 8.95. The molecule has 0 spiro atoms. The SMILES string of the molecule is Fc1c(F)c(F)c(NCc2cc(Cl)ccc2Br)c(F)c1F. The number of rotatable bonds is 3. The van der Waals surface area contributed by atoms with Gasteiger partial charge in [-0.2, -0.15) is 0 Å². The second-order valence-corrected chi connectivity index (χ2v) is 5.32. The van der Waals surface area contributed by atoms with Crippen molar-refractivity contribution in [1.82, 2.24) is 0 Å². The van der Waals surface area contributed by atoms with Crippen molar-refractivity contribution < 1.29 is 22.0 Å². The average Bonchev–Trinajstić information content (AvgIpc) is 2.46. The molecule has 0 bridgehead atoms. The lowest BCUT2D eigenvalue weighted by molar-refractivity contribution is 0.381. The van der Waals surface area contributed by atoms with E-state index in [9.17, 15) is 22.0 Å². The number of anilines is 1. The summed E-state index contributed by atoms with van der Waals surface area (Å²) in [5, 5.41) is 2.56. The first kappa shape index (κ1) is 16.0. The van der Waals surface area contributed by atoms with Gasteiger partial charge in [-0.3, -0.25) is 0 Å². The van der Waals surface area contributed by atoms with Crippen molar-refractivity contribution in [1.29, 1.82) is 0 Å². The highest BCUT2D eigenvalue weighted by molar-refractivity contribution is 9.10. The summed E-state index contributed by atoms with van der Waals surface area (Å²) in [4.78, 5) is 0. The minimum absolute atomic E-state index is 0.181. The van der Waals surface area contributed by atoms with Crippen LogP contribution in [0.3, 0.4) is 0 Å². The van der Waals surface area contributed by atoms with Gasteiger partial charge in [0, 0.05) is 16.0 Å². The lowest BCUT2D eigenvalue weighted by Gasteiger charge is -2.12. The molecule has 112 valence electrons. The summed E-state index contributed by atoms with van der Waals surface area (Å²) in [5.41, 5.74) is -0.593. The van der Waals surface area contributed by atoms with E-state index in [4.69, 9.17) is 11.6 Å². The largest absolute Gasteiger partial charge is 0.376 e. The number of benzene rings is 2. The lowest BCUT2D eigenvalue weighted by atomic mass is 10.2. The average molecular weight is 387 g/mol. The van der Waals surface area contributed by atoms with Gasteiger partial charge < -0.3 is 5.32 Å². The molecule has 0 aliphatic carbocycles. The van der Waals surface area contributed by atoms with Crippen LogP contribution >= 0.6 is 27.5 Å². The van der Waals surface area contributed by atoms with Crippen molar-refractivity contribution in [3.63, 3.8) is 0 Å². The fourth-order valence-corrected chi connectivity index (χ4v) is 2.20. The zero-order valence-electron chi connectivity index (χ0n) is 10.1. The summed E-state index contributed by atoms with van der Waals surface area (Å²) in [5.74, 6) is -10.0. The fourth-order valence-electron chi connectivity index (χ4n) is 1.62. The highest BCUT2D eigenvalue weighted by atomic mass is 79.9. The van der Waals surface area contributed by atoms with Crippen LogP contribution in [-0.4, -0.2) is 0 Å². The van der Waals surface area contributed by atoms with Crippen LogP contribution in [-0.2, 0) is 6.54 Å². The molecule has 0 aliphatic rings. The highest BCUT2D eigenvalue weighted by Crippen LogP contribution is 2.28. The van der Waals surface area contributed by atoms with E-state index in [1.165, 1.54) is 6.07 Å². The smallest absolute Gasteiger partial charge is 0.200 e. The number of hydrogen-bond donors (Lipinski definition) is 1. The van der Waals surface area contributed by atoms with E-state index in [2.05, 4.69) is 21.2 Å². The van der Waals surface area contributed by atoms with Crippen molar-refractivity contribution in [2.45, 2.75) is 6.54 Å². The van der Waals surface area contributed by atoms with Gasteiger partial charge in [-0.25, -0.2) is 22.0 Å². The number of nitrogens with one attached hydrogen (secondary N) is 1. The van der Waals surface area contributed by atoms with E-state index in [1.54, 1.807) is 12.1 Å². The summed E-state index contributed by atoms with van der Waals surface area (Å²) in [6, 6.07) is 4.66. The van der Waals surface area contributed by atoms with Crippen LogP contribution < -0.4 is 5.32 Å². The fraction of sp³-hybridized carbons (Fsp3) is 0.0769. The van der Waals surface area contributed by atoms with Gasteiger partial charge in [-0.05, 0) is 23.8 Å². The Morgan fingerprint density at radius 1 is 0.905 bits per heavy atom. The summed E-state index contributed by atoms with van der Waals surface area (Å²) < 4.78 is 66.5. The van der Waals surface area contributed by atoms with Crippen molar-refractivity contribution >= 4 is 33.2 Å². The molecule has 0 radical (unpaired) electrons. The third-order valence-electron chi connectivity index (χ3n) is 2.67. The molecular weight excluding hydrogens is 380 g/mol. The molecule has 0 atom stereocenters. The molecule has 2 aromatic rings. The Balaban J connectivity index is 2.35. The molecule has 21 heavy (non-hydrogen) atoms. The van der Waals surface area contributed by atoms with Gasteiger partial charge in [0.25, 0.3) is 0 Å². The monoisotopic (exact) mass is 385 g/mol. The Morgan fingerprint density at radius 3 is 2.00 bits per heavy atom. The van der Waals surface area contributed by atoms with E-state index < -0.39 is 34.8 Å². The van der Waals surface area contributed by atoms with Gasteiger partial charge in [0.15, 0.2) is 23.3 Å². The normalized spacial score (nSPS) is 10.8. The van der Waals surface area contributed by atoms with E-state index in [-0.39, 0.29) is 6.54 Å². The van der Waals surface area contributed by atoms with Crippen molar-refractivity contribution in [2.24, 2.45) is 0 Å². The lowest BCUT2D eigenvalue weighted by Crippen LogP contribution is -2.10. The van der Waals surface area contributed by atoms with E-state index in [1.807, 2.05) is 0 Å². The van der Waals surface area contributed by atoms with Crippen molar-refractivity contribution in [3.05, 3.63) is 62.3 Å². The first-order valence-corrected chi connectivity index (χ1v) is 6.69. The Bertz CT molecular complexity index is 678. The standard InChI is InChI=1S/C13H6BrClF5N/c14-7-2-1-6(15)3-5(7)4-21-13-11(19)9(17)8(16)10(18)12(13)20/h1-3,21H,4H2. The summed E-state index contributed by atoms with van der Waals surface area (Å²) in [6.45, 7) is -0.181. The van der Waals surface area contributed by atoms with Crippen LogP contribution in [0.15, 0.2) is 22.7 Å². The molecule has 0 saturated heterocycles. The maximum absolute atomic E-state index is 13.5. The van der Waals surface area contributed by atoms with Crippen LogP contribution in [0.2, 0.25) is 5.02 Å². The van der Waals surface area contributed by atoms with E-state index >= 15 is 0 Å². The second kappa shape index (κ2) is 6.19. The zero-order chi connectivity index (χ0) is 15.7. The first-order valence-electron chi connectivity index (χ1n) is 5.52. The Hall–Kier alpha value is -1.34. The Kier molecular flexibility index (Phi) is 4.73. The highest BCUT2D eigenvalue weighted by Gasteiger charge is 2.25. The van der Waals surface area contributed by atoms with Crippen molar-refractivity contribution in [3.8, 4) is 0 Å². The minimum atomic E-state index is -2.19. The molecule has 0 fully saturated rings. The predicted octanol–water partition coefficient (Wildman–Crippen LogP) is 5.41. The summed E-state index contributed by atoms with van der Waals surface area (Å²) in [7, 11) is 0. The minimum Gasteiger partial charge on any atom is -0.376 e. The van der Waals surface area contributed by atoms with Gasteiger partial charge >= 0.3 is 0 Å². The maximum atomic E-state index is 13.5. The molecule has 2 rings (SSSR count). The number of halogens is 7. The van der Waals surface area contributed by atoms with Crippen LogP contribution in [0.5, 0.6) is 0 Å². The van der Waals surface area contributed by atoms with E-state index in [0.717, 1.165) is 0 Å². The predicted molar refractivity (Wildman–Crippen MR) is 72.7 cm³/mol.